The topological polar surface area (TPSA) is 12.0 Å². The Morgan fingerprint density at radius 3 is 2.07 bits per heavy atom. The van der Waals surface area contributed by atoms with E-state index < -0.39 is 0 Å². The molecule has 0 amide bonds. The Morgan fingerprint density at radius 2 is 1.67 bits per heavy atom. The Hall–Kier alpha value is -0.0400. The second-order valence-electron chi connectivity index (χ2n) is 6.36. The molecule has 0 radical (unpaired) electrons. The molecule has 1 nitrogen and oxygen atoms in total. The van der Waals surface area contributed by atoms with Crippen molar-refractivity contribution in [3.63, 3.8) is 0 Å². The normalized spacial score (nSPS) is 28.4. The van der Waals surface area contributed by atoms with E-state index in [2.05, 4.69) is 40.1 Å². The first-order valence-corrected chi connectivity index (χ1v) is 6.63. The molecule has 0 aromatic rings. The fraction of sp³-hybridized carbons (Fsp3) is 1.00. The van der Waals surface area contributed by atoms with Gasteiger partial charge in [0.2, 0.25) is 0 Å². The lowest BCUT2D eigenvalue weighted by Gasteiger charge is -2.35. The van der Waals surface area contributed by atoms with Crippen LogP contribution in [-0.2, 0) is 0 Å². The highest BCUT2D eigenvalue weighted by atomic mass is 14.9. The summed E-state index contributed by atoms with van der Waals surface area (Å²) in [5.74, 6) is 2.85. The highest BCUT2D eigenvalue weighted by Crippen LogP contribution is 2.36. The Kier molecular flexibility index (Phi) is 4.64. The molecule has 0 aromatic carbocycles. The molecule has 1 aliphatic rings. The van der Waals surface area contributed by atoms with E-state index >= 15 is 0 Å². The van der Waals surface area contributed by atoms with Gasteiger partial charge in [-0.2, -0.15) is 0 Å². The third-order valence-electron chi connectivity index (χ3n) is 4.31. The third kappa shape index (κ3) is 4.14. The summed E-state index contributed by atoms with van der Waals surface area (Å²) in [6.45, 7) is 9.40. The number of rotatable bonds is 4. The average Bonchev–Trinajstić information content (AvgIpc) is 2.18. The molecule has 0 unspecified atom stereocenters. The van der Waals surface area contributed by atoms with Crippen LogP contribution in [0.2, 0.25) is 0 Å². The van der Waals surface area contributed by atoms with E-state index in [1.807, 2.05) is 0 Å². The molecular weight excluding hydrogens is 182 g/mol. The van der Waals surface area contributed by atoms with Crippen molar-refractivity contribution >= 4 is 0 Å². The zero-order chi connectivity index (χ0) is 11.5. The SMILES string of the molecule is CNC(C)(C)CC1CCC(C(C)C)CC1. The van der Waals surface area contributed by atoms with Crippen molar-refractivity contribution in [2.24, 2.45) is 17.8 Å². The van der Waals surface area contributed by atoms with Gasteiger partial charge in [0.1, 0.15) is 0 Å². The van der Waals surface area contributed by atoms with E-state index in [4.69, 9.17) is 0 Å². The molecule has 0 aromatic heterocycles. The van der Waals surface area contributed by atoms with E-state index in [-0.39, 0.29) is 0 Å². The fourth-order valence-electron chi connectivity index (χ4n) is 2.88. The predicted octanol–water partition coefficient (Wildman–Crippen LogP) is 3.84. The van der Waals surface area contributed by atoms with Gasteiger partial charge in [0.15, 0.2) is 0 Å². The van der Waals surface area contributed by atoms with Gasteiger partial charge in [0, 0.05) is 5.54 Å². The fourth-order valence-corrected chi connectivity index (χ4v) is 2.88. The summed E-state index contributed by atoms with van der Waals surface area (Å²) in [7, 11) is 2.08. The van der Waals surface area contributed by atoms with Crippen LogP contribution in [0.4, 0.5) is 0 Å². The highest BCUT2D eigenvalue weighted by molar-refractivity contribution is 4.83. The lowest BCUT2D eigenvalue weighted by molar-refractivity contribution is 0.188. The van der Waals surface area contributed by atoms with Crippen molar-refractivity contribution in [1.29, 1.82) is 0 Å². The van der Waals surface area contributed by atoms with Gasteiger partial charge >= 0.3 is 0 Å². The summed E-state index contributed by atoms with van der Waals surface area (Å²) in [4.78, 5) is 0. The number of hydrogen-bond acceptors (Lipinski definition) is 1. The van der Waals surface area contributed by atoms with Crippen LogP contribution in [0.1, 0.15) is 59.8 Å². The predicted molar refractivity (Wildman–Crippen MR) is 68.0 cm³/mol. The molecule has 15 heavy (non-hydrogen) atoms. The molecule has 0 aliphatic heterocycles. The van der Waals surface area contributed by atoms with E-state index in [0.29, 0.717) is 5.54 Å². The zero-order valence-electron chi connectivity index (χ0n) is 11.3. The Bertz CT molecular complexity index is 176. The minimum absolute atomic E-state index is 0.329. The first kappa shape index (κ1) is 13.0. The molecule has 0 atom stereocenters. The molecule has 0 heterocycles. The van der Waals surface area contributed by atoms with Gasteiger partial charge in [-0.15, -0.1) is 0 Å². The van der Waals surface area contributed by atoms with Crippen molar-refractivity contribution in [3.05, 3.63) is 0 Å². The van der Waals surface area contributed by atoms with E-state index in [1.54, 1.807) is 0 Å². The molecular formula is C14H29N. The van der Waals surface area contributed by atoms with Gasteiger partial charge in [-0.1, -0.05) is 26.7 Å². The lowest BCUT2D eigenvalue weighted by Crippen LogP contribution is -2.39. The summed E-state index contributed by atoms with van der Waals surface area (Å²) >= 11 is 0. The van der Waals surface area contributed by atoms with Crippen LogP contribution < -0.4 is 5.32 Å². The largest absolute Gasteiger partial charge is 0.315 e. The van der Waals surface area contributed by atoms with E-state index in [1.165, 1.54) is 32.1 Å². The molecule has 1 heteroatoms. The van der Waals surface area contributed by atoms with E-state index in [9.17, 15) is 0 Å². The van der Waals surface area contributed by atoms with Crippen molar-refractivity contribution in [2.75, 3.05) is 7.05 Å². The maximum absolute atomic E-state index is 3.42. The summed E-state index contributed by atoms with van der Waals surface area (Å²) in [5, 5.41) is 3.42. The molecule has 0 spiro atoms. The second-order valence-corrected chi connectivity index (χ2v) is 6.36. The molecule has 1 rings (SSSR count). The monoisotopic (exact) mass is 211 g/mol. The van der Waals surface area contributed by atoms with Crippen LogP contribution >= 0.6 is 0 Å². The zero-order valence-corrected chi connectivity index (χ0v) is 11.3. The quantitative estimate of drug-likeness (QED) is 0.745. The van der Waals surface area contributed by atoms with Crippen LogP contribution in [0.25, 0.3) is 0 Å². The number of hydrogen-bond donors (Lipinski definition) is 1. The van der Waals surface area contributed by atoms with Crippen LogP contribution in [0, 0.1) is 17.8 Å². The number of nitrogens with one attached hydrogen (secondary N) is 1. The third-order valence-corrected chi connectivity index (χ3v) is 4.31. The highest BCUT2D eigenvalue weighted by Gasteiger charge is 2.27. The maximum atomic E-state index is 3.42. The van der Waals surface area contributed by atoms with Crippen molar-refractivity contribution in [3.8, 4) is 0 Å². The van der Waals surface area contributed by atoms with Gasteiger partial charge in [-0.25, -0.2) is 0 Å². The lowest BCUT2D eigenvalue weighted by atomic mass is 9.73. The molecule has 1 saturated carbocycles. The first-order valence-electron chi connectivity index (χ1n) is 6.63. The van der Waals surface area contributed by atoms with Gasteiger partial charge in [0.25, 0.3) is 0 Å². The Balaban J connectivity index is 2.32. The van der Waals surface area contributed by atoms with Gasteiger partial charge in [-0.3, -0.25) is 0 Å². The van der Waals surface area contributed by atoms with Gasteiger partial charge < -0.3 is 5.32 Å². The maximum Gasteiger partial charge on any atom is 0.0124 e. The van der Waals surface area contributed by atoms with Crippen molar-refractivity contribution in [2.45, 2.75) is 65.3 Å². The van der Waals surface area contributed by atoms with Crippen molar-refractivity contribution < 1.29 is 0 Å². The van der Waals surface area contributed by atoms with Crippen LogP contribution in [0.3, 0.4) is 0 Å². The smallest absolute Gasteiger partial charge is 0.0124 e. The van der Waals surface area contributed by atoms with Crippen LogP contribution in [0.5, 0.6) is 0 Å². The molecule has 90 valence electrons. The second kappa shape index (κ2) is 5.34. The van der Waals surface area contributed by atoms with Gasteiger partial charge in [0.05, 0.1) is 0 Å². The summed E-state index contributed by atoms with van der Waals surface area (Å²) < 4.78 is 0. The Labute approximate surface area is 96.0 Å². The summed E-state index contributed by atoms with van der Waals surface area (Å²) in [5.41, 5.74) is 0.329. The van der Waals surface area contributed by atoms with Crippen molar-refractivity contribution in [1.82, 2.24) is 5.32 Å². The Morgan fingerprint density at radius 1 is 1.13 bits per heavy atom. The van der Waals surface area contributed by atoms with Gasteiger partial charge in [-0.05, 0) is 57.9 Å². The molecule has 0 saturated heterocycles. The minimum atomic E-state index is 0.329. The molecule has 1 aliphatic carbocycles. The average molecular weight is 211 g/mol. The summed E-state index contributed by atoms with van der Waals surface area (Å²) in [6.07, 6.45) is 7.17. The summed E-state index contributed by atoms with van der Waals surface area (Å²) in [6, 6.07) is 0. The molecule has 0 bridgehead atoms. The van der Waals surface area contributed by atoms with Crippen LogP contribution in [0.15, 0.2) is 0 Å². The molecule has 1 fully saturated rings. The standard InChI is InChI=1S/C14H29N/c1-11(2)13-8-6-12(7-9-13)10-14(3,4)15-5/h11-13,15H,6-10H2,1-5H3. The van der Waals surface area contributed by atoms with E-state index in [0.717, 1.165) is 17.8 Å². The van der Waals surface area contributed by atoms with Crippen LogP contribution in [-0.4, -0.2) is 12.6 Å². The minimum Gasteiger partial charge on any atom is -0.315 e. The molecule has 1 N–H and O–H groups in total. The first-order chi connectivity index (χ1) is 6.94.